The average Bonchev–Trinajstić information content (AvgIpc) is 1.48. The highest BCUT2D eigenvalue weighted by Crippen LogP contribution is 2.68. The lowest BCUT2D eigenvalue weighted by Crippen LogP contribution is -2.53. The topological polar surface area (TPSA) is 312 Å². The van der Waals surface area contributed by atoms with Crippen LogP contribution in [0.1, 0.15) is 97.2 Å². The number of fused-ring (bicyclic) bond motifs is 9. The summed E-state index contributed by atoms with van der Waals surface area (Å²) in [5, 5.41) is 42.4. The Morgan fingerprint density at radius 3 is 0.805 bits per heavy atom. The molecule has 0 saturated heterocycles. The highest BCUT2D eigenvalue weighted by Gasteiger charge is 2.72. The van der Waals surface area contributed by atoms with Crippen molar-refractivity contribution < 1.29 is 84.3 Å². The number of carbonyl (C=O) groups is 8. The van der Waals surface area contributed by atoms with Crippen LogP contribution in [0.5, 0.6) is 0 Å². The third-order valence-corrected chi connectivity index (χ3v) is 21.9. The molecule has 10 aromatic rings. The van der Waals surface area contributed by atoms with Crippen LogP contribution in [0.15, 0.2) is 239 Å². The van der Waals surface area contributed by atoms with E-state index in [1.165, 1.54) is 0 Å². The van der Waals surface area contributed by atoms with E-state index in [1.54, 1.807) is 206 Å². The summed E-state index contributed by atoms with van der Waals surface area (Å²) in [6, 6.07) is 56.5. The maximum absolute atomic E-state index is 17.4. The smallest absolute Gasteiger partial charge is 0.334 e. The first kappa shape index (κ1) is 73.8. The molecule has 0 aliphatic heterocycles. The van der Waals surface area contributed by atoms with Crippen LogP contribution in [-0.4, -0.2) is 58.8 Å². The number of carbonyl (C=O) groups excluding carboxylic acids is 8. The molecule has 0 saturated carbocycles. The van der Waals surface area contributed by atoms with E-state index in [4.69, 9.17) is 38.4 Å². The van der Waals surface area contributed by atoms with Gasteiger partial charge in [0.15, 0.2) is 23.3 Å². The van der Waals surface area contributed by atoms with Gasteiger partial charge >= 0.3 is 35.8 Å². The second-order valence-corrected chi connectivity index (χ2v) is 28.0. The summed E-state index contributed by atoms with van der Waals surface area (Å²) < 4.78 is 100. The first-order chi connectivity index (χ1) is 54.8. The van der Waals surface area contributed by atoms with Crippen LogP contribution >= 0.6 is 22.7 Å². The zero-order chi connectivity index (χ0) is 79.0. The number of ether oxygens (including phenoxy) is 6. The highest BCUT2D eigenvalue weighted by atomic mass is 32.1. The number of halogens is 4. The lowest BCUT2D eigenvalue weighted by molar-refractivity contribution is -0.168. The largest absolute Gasteiger partial charge is 0.459 e. The van der Waals surface area contributed by atoms with Crippen LogP contribution < -0.4 is 0 Å². The predicted molar refractivity (Wildman–Crippen MR) is 398 cm³/mol. The van der Waals surface area contributed by atoms with Crippen molar-refractivity contribution in [1.82, 2.24) is 0 Å². The Bertz CT molecular complexity index is 5650. The van der Waals surface area contributed by atoms with Gasteiger partial charge < -0.3 is 28.4 Å². The molecule has 0 radical (unpaired) electrons. The number of rotatable bonds is 20. The SMILES string of the molecule is N#CC(C#N)=C1C(=NC2=Cc3sc4c(c3C2(C(=O)OCc2ccccc2)C(=O)OCc2ccccc2)C(C(=O)OCc2ccccc2)(C(=O)OCc2ccccc2)c2c-4sc3c2C(C(=O)OCc2ccccc2)(C(=O)OCc2ccccc2)C(N=C2C(=O)c4cc(F)c(F)cc4C2=C(C#N)C#N)=C3)C(=O)c2cc(F)c(F)cc21. The van der Waals surface area contributed by atoms with Crippen molar-refractivity contribution in [3.63, 3.8) is 0 Å². The van der Waals surface area contributed by atoms with E-state index >= 15 is 55.9 Å². The first-order valence-electron chi connectivity index (χ1n) is 34.3. The maximum atomic E-state index is 17.4. The van der Waals surface area contributed by atoms with E-state index in [0.29, 0.717) is 69.2 Å². The molecule has 15 rings (SSSR count). The van der Waals surface area contributed by atoms with Crippen molar-refractivity contribution in [2.75, 3.05) is 0 Å². The van der Waals surface area contributed by atoms with Crippen molar-refractivity contribution in [1.29, 1.82) is 21.0 Å². The number of allylic oxidation sites excluding steroid dienone is 4. The molecule has 26 heteroatoms. The van der Waals surface area contributed by atoms with Gasteiger partial charge in [0.25, 0.3) is 0 Å². The van der Waals surface area contributed by atoms with Crippen LogP contribution in [0.25, 0.3) is 33.1 Å². The van der Waals surface area contributed by atoms with Gasteiger partial charge in [-0.3, -0.25) is 38.4 Å². The monoisotopic (exact) mass is 1540 g/mol. The molecule has 0 unspecified atom stereocenters. The predicted octanol–water partition coefficient (Wildman–Crippen LogP) is 14.6. The molecule has 5 aliphatic rings. The number of Topliss-reactive ketones (excluding diaryl/α,β-unsaturated/α-hetero) is 2. The number of hydrogen-bond donors (Lipinski definition) is 0. The van der Waals surface area contributed by atoms with Crippen molar-refractivity contribution in [3.05, 3.63) is 340 Å². The Morgan fingerprint density at radius 1 is 0.336 bits per heavy atom. The van der Waals surface area contributed by atoms with E-state index < -0.39 is 216 Å². The Morgan fingerprint density at radius 2 is 0.566 bits per heavy atom. The average molecular weight is 1540 g/mol. The summed E-state index contributed by atoms with van der Waals surface area (Å²) in [5.74, 6) is -18.4. The molecule has 2 heterocycles. The van der Waals surface area contributed by atoms with Gasteiger partial charge in [-0.25, -0.2) is 27.5 Å². The number of hydrogen-bond acceptors (Lipinski definition) is 22. The number of thiophene rings is 2. The zero-order valence-electron chi connectivity index (χ0n) is 58.3. The molecule has 0 amide bonds. The molecule has 0 atom stereocenters. The van der Waals surface area contributed by atoms with Gasteiger partial charge in [0, 0.05) is 65.4 Å². The number of nitriles is 4. The summed E-state index contributed by atoms with van der Waals surface area (Å²) in [7, 11) is 0. The summed E-state index contributed by atoms with van der Waals surface area (Å²) in [5.41, 5.74) is -20.4. The summed E-state index contributed by atoms with van der Waals surface area (Å²) in [6.07, 6.45) is 2.19. The molecule has 8 aromatic carbocycles. The Hall–Kier alpha value is -14.7. The van der Waals surface area contributed by atoms with E-state index in [2.05, 4.69) is 0 Å². The second kappa shape index (κ2) is 30.0. The summed E-state index contributed by atoms with van der Waals surface area (Å²) in [4.78, 5) is 141. The minimum absolute atomic E-state index is 0.210. The molecule has 2 aromatic heterocycles. The molecule has 0 fully saturated rings. The Kier molecular flexibility index (Phi) is 19.6. The molecule has 113 heavy (non-hydrogen) atoms. The third kappa shape index (κ3) is 12.4. The fourth-order valence-electron chi connectivity index (χ4n) is 14.3. The fourth-order valence-corrected chi connectivity index (χ4v) is 17.1. The van der Waals surface area contributed by atoms with Crippen LogP contribution in [0.3, 0.4) is 0 Å². The van der Waals surface area contributed by atoms with Gasteiger partial charge in [-0.1, -0.05) is 182 Å². The van der Waals surface area contributed by atoms with Crippen molar-refractivity contribution in [2.45, 2.75) is 55.9 Å². The van der Waals surface area contributed by atoms with E-state index in [9.17, 15) is 21.0 Å². The number of aliphatic imine (C=N–C) groups is 2. The fraction of sp³-hybridized carbons (Fsp3) is 0.103. The molecule has 0 spiro atoms. The van der Waals surface area contributed by atoms with Crippen LogP contribution in [0, 0.1) is 68.6 Å². The van der Waals surface area contributed by atoms with E-state index in [0.717, 1.165) is 12.2 Å². The molecule has 0 bridgehead atoms. The molecular weight excluding hydrogens is 1490 g/mol. The normalized spacial score (nSPS) is 15.1. The maximum Gasteiger partial charge on any atom is 0.334 e. The van der Waals surface area contributed by atoms with Crippen LogP contribution in [0.2, 0.25) is 0 Å². The Balaban J connectivity index is 1.08. The third-order valence-electron chi connectivity index (χ3n) is 19.5. The van der Waals surface area contributed by atoms with Crippen molar-refractivity contribution in [3.8, 4) is 34.0 Å². The van der Waals surface area contributed by atoms with E-state index in [1.807, 2.05) is 0 Å². The van der Waals surface area contributed by atoms with Gasteiger partial charge in [0.1, 0.15) is 86.5 Å². The molecule has 550 valence electrons. The quantitative estimate of drug-likeness (QED) is 0.0225. The lowest BCUT2D eigenvalue weighted by Gasteiger charge is -2.35. The van der Waals surface area contributed by atoms with Crippen LogP contribution in [-0.2, 0) is 113 Å². The minimum Gasteiger partial charge on any atom is -0.459 e. The summed E-state index contributed by atoms with van der Waals surface area (Å²) >= 11 is 1.31. The first-order valence-corrected chi connectivity index (χ1v) is 35.9. The van der Waals surface area contributed by atoms with Gasteiger partial charge in [-0.2, -0.15) is 21.0 Å². The van der Waals surface area contributed by atoms with Gasteiger partial charge in [0.05, 0.1) is 21.1 Å². The lowest BCUT2D eigenvalue weighted by atomic mass is 9.67. The number of esters is 6. The van der Waals surface area contributed by atoms with Crippen LogP contribution in [0.4, 0.5) is 17.6 Å². The number of benzene rings is 8. The molecule has 20 nitrogen and oxygen atoms in total. The molecule has 0 N–H and O–H groups in total. The highest BCUT2D eigenvalue weighted by molar-refractivity contribution is 7.24. The second-order valence-electron chi connectivity index (χ2n) is 25.9. The molecular formula is C87H48F4N6O14S2. The zero-order valence-corrected chi connectivity index (χ0v) is 59.9. The standard InChI is InChI=1S/C87H48F4N6O14S2/c88-59-31-55-57(33-61(59)90)75(98)73(67(55)53(37-92)38-93)96-65-35-63-69(85(65,79(100)106-41-47-19-7-1-8-20-47)80(101)107-42-48-21-9-2-10-22-48)71-77(112-63)78-72(87(71,83(104)110-45-51-27-15-5-16-28-51)84(105)111-46-52-29-17-6-18-30-52)70-64(113-78)36-66(97-74-68(54(39-94)40-95)56-32-60(89)62(91)34-58(56)76(74)99)86(70,81(102)108-43-49-23-11-3-12-24-49)82(103)109-44-50-25-13-4-14-26-50/h1-36H,41-46H2. The van der Waals surface area contributed by atoms with Gasteiger partial charge in [0.2, 0.25) is 27.8 Å². The molecule has 5 aliphatic carbocycles. The number of ketones is 2. The van der Waals surface area contributed by atoms with Crippen molar-refractivity contribution >= 4 is 105 Å². The van der Waals surface area contributed by atoms with Crippen molar-refractivity contribution in [2.24, 2.45) is 9.98 Å². The minimum atomic E-state index is -3.49. The summed E-state index contributed by atoms with van der Waals surface area (Å²) in [6.45, 7) is -4.15. The van der Waals surface area contributed by atoms with Gasteiger partial charge in [-0.05, 0) is 69.8 Å². The Labute approximate surface area is 646 Å². The number of nitrogens with zero attached hydrogens (tertiary/aromatic N) is 6. The van der Waals surface area contributed by atoms with E-state index in [-0.39, 0.29) is 30.6 Å². The van der Waals surface area contributed by atoms with Gasteiger partial charge in [-0.15, -0.1) is 22.7 Å².